The van der Waals surface area contributed by atoms with Gasteiger partial charge in [-0.2, -0.15) is 0 Å². The molecule has 15 heavy (non-hydrogen) atoms. The third-order valence-corrected chi connectivity index (χ3v) is 2.58. The van der Waals surface area contributed by atoms with Crippen molar-refractivity contribution in [1.82, 2.24) is 5.32 Å². The fourth-order valence-electron chi connectivity index (χ4n) is 1.68. The van der Waals surface area contributed by atoms with E-state index >= 15 is 0 Å². The van der Waals surface area contributed by atoms with Crippen molar-refractivity contribution in [2.75, 3.05) is 26.9 Å². The minimum absolute atomic E-state index is 0.0235. The summed E-state index contributed by atoms with van der Waals surface area (Å²) in [6.07, 6.45) is 0.0917. The van der Waals surface area contributed by atoms with Crippen LogP contribution in [-0.2, 0) is 14.3 Å². The first kappa shape index (κ1) is 12.4. The Kier molecular flexibility index (Phi) is 5.01. The number of amides is 1. The molecular formula is C10H19NO4. The zero-order valence-corrected chi connectivity index (χ0v) is 9.23. The van der Waals surface area contributed by atoms with Crippen LogP contribution < -0.4 is 5.32 Å². The van der Waals surface area contributed by atoms with Crippen molar-refractivity contribution in [1.29, 1.82) is 0 Å². The van der Waals surface area contributed by atoms with Gasteiger partial charge in [-0.05, 0) is 13.3 Å². The van der Waals surface area contributed by atoms with Crippen molar-refractivity contribution in [2.45, 2.75) is 25.6 Å². The van der Waals surface area contributed by atoms with Crippen molar-refractivity contribution < 1.29 is 19.4 Å². The Morgan fingerprint density at radius 2 is 2.47 bits per heavy atom. The average molecular weight is 217 g/mol. The molecule has 1 heterocycles. The van der Waals surface area contributed by atoms with Crippen LogP contribution in [-0.4, -0.2) is 50.1 Å². The zero-order valence-electron chi connectivity index (χ0n) is 9.23. The molecule has 1 aliphatic heterocycles. The number of hydrogen-bond donors (Lipinski definition) is 2. The Balaban J connectivity index is 2.23. The van der Waals surface area contributed by atoms with Gasteiger partial charge in [0.25, 0.3) is 0 Å². The number of nitrogens with one attached hydrogen (secondary N) is 1. The van der Waals surface area contributed by atoms with E-state index in [-0.39, 0.29) is 31.1 Å². The van der Waals surface area contributed by atoms with E-state index in [0.717, 1.165) is 6.42 Å². The molecule has 5 nitrogen and oxygen atoms in total. The fraction of sp³-hybridized carbons (Fsp3) is 0.900. The van der Waals surface area contributed by atoms with Crippen LogP contribution in [0.15, 0.2) is 0 Å². The second-order valence-corrected chi connectivity index (χ2v) is 3.83. The molecule has 0 spiro atoms. The third-order valence-electron chi connectivity index (χ3n) is 2.58. The van der Waals surface area contributed by atoms with E-state index in [4.69, 9.17) is 9.47 Å². The predicted molar refractivity (Wildman–Crippen MR) is 54.4 cm³/mol. The van der Waals surface area contributed by atoms with Crippen molar-refractivity contribution in [3.8, 4) is 0 Å². The molecule has 88 valence electrons. The van der Waals surface area contributed by atoms with Crippen LogP contribution in [0, 0.1) is 5.92 Å². The van der Waals surface area contributed by atoms with Crippen LogP contribution in [0.5, 0.6) is 0 Å². The molecule has 0 radical (unpaired) electrons. The smallest absolute Gasteiger partial charge is 0.225 e. The molecule has 0 aromatic carbocycles. The summed E-state index contributed by atoms with van der Waals surface area (Å²) in [4.78, 5) is 11.6. The molecule has 1 amide bonds. The number of aliphatic hydroxyl groups is 1. The number of carbonyl (C=O) groups is 1. The highest BCUT2D eigenvalue weighted by molar-refractivity contribution is 5.79. The molecule has 2 N–H and O–H groups in total. The van der Waals surface area contributed by atoms with Gasteiger partial charge in [-0.15, -0.1) is 0 Å². The SMILES string of the molecule is COCC(O)CNC(=O)C1CCOC1C. The molecule has 1 saturated heterocycles. The summed E-state index contributed by atoms with van der Waals surface area (Å²) in [5.41, 5.74) is 0. The van der Waals surface area contributed by atoms with Gasteiger partial charge in [0.2, 0.25) is 5.91 Å². The summed E-state index contributed by atoms with van der Waals surface area (Å²) in [6, 6.07) is 0. The number of rotatable bonds is 5. The van der Waals surface area contributed by atoms with Gasteiger partial charge in [0.05, 0.1) is 24.7 Å². The number of methoxy groups -OCH3 is 1. The normalized spacial score (nSPS) is 27.7. The first-order valence-corrected chi connectivity index (χ1v) is 5.21. The summed E-state index contributed by atoms with van der Waals surface area (Å²) in [7, 11) is 1.51. The molecule has 3 atom stereocenters. The summed E-state index contributed by atoms with van der Waals surface area (Å²) in [5.74, 6) is -0.130. The Hall–Kier alpha value is -0.650. The van der Waals surface area contributed by atoms with Gasteiger partial charge >= 0.3 is 0 Å². The van der Waals surface area contributed by atoms with Gasteiger partial charge < -0.3 is 19.9 Å². The van der Waals surface area contributed by atoms with Crippen molar-refractivity contribution in [3.63, 3.8) is 0 Å². The number of aliphatic hydroxyl groups excluding tert-OH is 1. The molecule has 0 aromatic rings. The monoisotopic (exact) mass is 217 g/mol. The lowest BCUT2D eigenvalue weighted by molar-refractivity contribution is -0.126. The highest BCUT2D eigenvalue weighted by Gasteiger charge is 2.30. The second kappa shape index (κ2) is 6.05. The molecule has 0 bridgehead atoms. The Morgan fingerprint density at radius 3 is 3.00 bits per heavy atom. The minimum Gasteiger partial charge on any atom is -0.389 e. The lowest BCUT2D eigenvalue weighted by Crippen LogP contribution is -2.39. The molecular weight excluding hydrogens is 198 g/mol. The van der Waals surface area contributed by atoms with E-state index in [1.54, 1.807) is 0 Å². The lowest BCUT2D eigenvalue weighted by Gasteiger charge is -2.16. The van der Waals surface area contributed by atoms with Gasteiger partial charge in [0, 0.05) is 20.3 Å². The number of ether oxygens (including phenoxy) is 2. The second-order valence-electron chi connectivity index (χ2n) is 3.83. The topological polar surface area (TPSA) is 67.8 Å². The summed E-state index contributed by atoms with van der Waals surface area (Å²) in [6.45, 7) is 3.00. The highest BCUT2D eigenvalue weighted by atomic mass is 16.5. The van der Waals surface area contributed by atoms with Crippen LogP contribution >= 0.6 is 0 Å². The molecule has 5 heteroatoms. The summed E-state index contributed by atoms with van der Waals surface area (Å²) < 4.78 is 10.0. The van der Waals surface area contributed by atoms with Gasteiger partial charge in [-0.1, -0.05) is 0 Å². The number of carbonyl (C=O) groups excluding carboxylic acids is 1. The van der Waals surface area contributed by atoms with E-state index in [1.807, 2.05) is 6.92 Å². The van der Waals surface area contributed by atoms with Crippen LogP contribution in [0.3, 0.4) is 0 Å². The van der Waals surface area contributed by atoms with E-state index in [9.17, 15) is 9.90 Å². The van der Waals surface area contributed by atoms with Crippen LogP contribution in [0.1, 0.15) is 13.3 Å². The number of hydrogen-bond acceptors (Lipinski definition) is 4. The van der Waals surface area contributed by atoms with E-state index < -0.39 is 6.10 Å². The van der Waals surface area contributed by atoms with E-state index in [0.29, 0.717) is 6.61 Å². The predicted octanol–water partition coefficient (Wildman–Crippen LogP) is -0.465. The average Bonchev–Trinajstić information content (AvgIpc) is 2.61. The van der Waals surface area contributed by atoms with Gasteiger partial charge in [-0.25, -0.2) is 0 Å². The molecule has 3 unspecified atom stereocenters. The van der Waals surface area contributed by atoms with Crippen molar-refractivity contribution in [3.05, 3.63) is 0 Å². The quantitative estimate of drug-likeness (QED) is 0.653. The first-order valence-electron chi connectivity index (χ1n) is 5.21. The van der Waals surface area contributed by atoms with E-state index in [2.05, 4.69) is 5.32 Å². The van der Waals surface area contributed by atoms with Gasteiger partial charge in [0.1, 0.15) is 0 Å². The first-order chi connectivity index (χ1) is 7.15. The Labute approximate surface area is 89.8 Å². The van der Waals surface area contributed by atoms with Crippen LogP contribution in [0.25, 0.3) is 0 Å². The maximum Gasteiger partial charge on any atom is 0.225 e. The minimum atomic E-state index is -0.642. The van der Waals surface area contributed by atoms with E-state index in [1.165, 1.54) is 7.11 Å². The third kappa shape index (κ3) is 3.77. The molecule has 0 saturated carbocycles. The Morgan fingerprint density at radius 1 is 1.73 bits per heavy atom. The summed E-state index contributed by atoms with van der Waals surface area (Å²) in [5, 5.41) is 12.0. The lowest BCUT2D eigenvalue weighted by atomic mass is 10.0. The standard InChI is InChI=1S/C10H19NO4/c1-7-9(3-4-15-7)10(13)11-5-8(12)6-14-2/h7-9,12H,3-6H2,1-2H3,(H,11,13). The van der Waals surface area contributed by atoms with Crippen molar-refractivity contribution in [2.24, 2.45) is 5.92 Å². The fourth-order valence-corrected chi connectivity index (χ4v) is 1.68. The summed E-state index contributed by atoms with van der Waals surface area (Å²) >= 11 is 0. The maximum atomic E-state index is 11.6. The molecule has 0 aliphatic carbocycles. The molecule has 1 aliphatic rings. The highest BCUT2D eigenvalue weighted by Crippen LogP contribution is 2.20. The molecule has 1 fully saturated rings. The molecule has 0 aromatic heterocycles. The molecule has 1 rings (SSSR count). The van der Waals surface area contributed by atoms with Crippen molar-refractivity contribution >= 4 is 5.91 Å². The van der Waals surface area contributed by atoms with Crippen LogP contribution in [0.2, 0.25) is 0 Å². The van der Waals surface area contributed by atoms with Gasteiger partial charge in [-0.3, -0.25) is 4.79 Å². The maximum absolute atomic E-state index is 11.6. The van der Waals surface area contributed by atoms with Gasteiger partial charge in [0.15, 0.2) is 0 Å². The van der Waals surface area contributed by atoms with Crippen LogP contribution in [0.4, 0.5) is 0 Å². The zero-order chi connectivity index (χ0) is 11.3. The largest absolute Gasteiger partial charge is 0.389 e. The Bertz CT molecular complexity index is 210.